The second kappa shape index (κ2) is 13.0. The maximum atomic E-state index is 13.6. The van der Waals surface area contributed by atoms with Gasteiger partial charge in [-0.15, -0.1) is 0 Å². The van der Waals surface area contributed by atoms with Gasteiger partial charge in [0.1, 0.15) is 11.9 Å². The van der Waals surface area contributed by atoms with Crippen molar-refractivity contribution in [1.29, 1.82) is 0 Å². The predicted octanol–water partition coefficient (Wildman–Crippen LogP) is 4.69. The van der Waals surface area contributed by atoms with E-state index in [1.165, 1.54) is 12.1 Å². The number of aryl methyl sites for hydroxylation is 1. The van der Waals surface area contributed by atoms with E-state index in [2.05, 4.69) is 5.32 Å². The summed E-state index contributed by atoms with van der Waals surface area (Å²) in [7, 11) is 0. The number of hydrogen-bond donors (Lipinski definition) is 1. The molecule has 0 spiro atoms. The highest BCUT2D eigenvalue weighted by Gasteiger charge is 2.31. The number of rotatable bonds is 11. The van der Waals surface area contributed by atoms with E-state index in [0.29, 0.717) is 26.0 Å². The minimum absolute atomic E-state index is 0.00524. The van der Waals surface area contributed by atoms with E-state index in [4.69, 9.17) is 4.74 Å². The number of benzene rings is 3. The van der Waals surface area contributed by atoms with Crippen LogP contribution in [0.4, 0.5) is 4.39 Å². The Morgan fingerprint density at radius 1 is 0.917 bits per heavy atom. The first-order valence-corrected chi connectivity index (χ1v) is 12.6. The van der Waals surface area contributed by atoms with Gasteiger partial charge in [0.05, 0.1) is 6.10 Å². The molecule has 0 bridgehead atoms. The molecule has 36 heavy (non-hydrogen) atoms. The molecule has 6 heteroatoms. The standard InChI is InChI=1S/C30H33FN2O3/c31-26-16-13-25(14-17-26)22-33(29(34)18-15-23-8-3-1-4-9-23)28(20-24-10-5-2-6-11-24)30(35)32-21-27-12-7-19-36-27/h1-6,8-11,13-14,16-17,27-28H,7,12,15,18-22H2,(H,32,35)/t27-,28-/m0/s1. The van der Waals surface area contributed by atoms with Crippen LogP contribution in [-0.2, 0) is 33.7 Å². The Labute approximate surface area is 212 Å². The first kappa shape index (κ1) is 25.6. The van der Waals surface area contributed by atoms with Crippen LogP contribution < -0.4 is 5.32 Å². The van der Waals surface area contributed by atoms with Gasteiger partial charge in [-0.2, -0.15) is 0 Å². The summed E-state index contributed by atoms with van der Waals surface area (Å²) in [4.78, 5) is 28.8. The molecule has 1 heterocycles. The van der Waals surface area contributed by atoms with Gasteiger partial charge >= 0.3 is 0 Å². The lowest BCUT2D eigenvalue weighted by Crippen LogP contribution is -2.51. The molecular weight excluding hydrogens is 455 g/mol. The van der Waals surface area contributed by atoms with Gasteiger partial charge in [-0.1, -0.05) is 72.8 Å². The molecule has 1 aliphatic heterocycles. The third kappa shape index (κ3) is 7.49. The Balaban J connectivity index is 1.57. The zero-order valence-electron chi connectivity index (χ0n) is 20.4. The Morgan fingerprint density at radius 2 is 1.58 bits per heavy atom. The highest BCUT2D eigenvalue weighted by atomic mass is 19.1. The van der Waals surface area contributed by atoms with Crippen LogP contribution in [0.1, 0.15) is 36.0 Å². The van der Waals surface area contributed by atoms with Crippen molar-refractivity contribution in [1.82, 2.24) is 10.2 Å². The summed E-state index contributed by atoms with van der Waals surface area (Å²) in [6, 6.07) is 24.9. The van der Waals surface area contributed by atoms with Crippen molar-refractivity contribution in [2.24, 2.45) is 0 Å². The molecular formula is C30H33FN2O3. The third-order valence-corrected chi connectivity index (χ3v) is 6.54. The van der Waals surface area contributed by atoms with Gasteiger partial charge in [-0.25, -0.2) is 4.39 Å². The van der Waals surface area contributed by atoms with Crippen molar-refractivity contribution in [3.63, 3.8) is 0 Å². The molecule has 0 unspecified atom stereocenters. The van der Waals surface area contributed by atoms with Crippen LogP contribution in [0.25, 0.3) is 0 Å². The number of carbonyl (C=O) groups is 2. The fourth-order valence-corrected chi connectivity index (χ4v) is 4.52. The predicted molar refractivity (Wildman–Crippen MR) is 138 cm³/mol. The van der Waals surface area contributed by atoms with Crippen molar-refractivity contribution < 1.29 is 18.7 Å². The fraction of sp³-hybridized carbons (Fsp3) is 0.333. The second-order valence-corrected chi connectivity index (χ2v) is 9.22. The molecule has 1 aliphatic rings. The maximum absolute atomic E-state index is 13.6. The van der Waals surface area contributed by atoms with E-state index < -0.39 is 6.04 Å². The van der Waals surface area contributed by atoms with Crippen LogP contribution in [-0.4, -0.2) is 42.0 Å². The van der Waals surface area contributed by atoms with Gasteiger partial charge < -0.3 is 15.0 Å². The van der Waals surface area contributed by atoms with Crippen LogP contribution in [0, 0.1) is 5.82 Å². The molecule has 0 aliphatic carbocycles. The molecule has 5 nitrogen and oxygen atoms in total. The van der Waals surface area contributed by atoms with Gasteiger partial charge in [-0.3, -0.25) is 9.59 Å². The van der Waals surface area contributed by atoms with E-state index in [1.807, 2.05) is 60.7 Å². The molecule has 0 radical (unpaired) electrons. The van der Waals surface area contributed by atoms with Gasteiger partial charge in [0.2, 0.25) is 11.8 Å². The summed E-state index contributed by atoms with van der Waals surface area (Å²) in [6.45, 7) is 1.36. The van der Waals surface area contributed by atoms with Crippen molar-refractivity contribution in [2.75, 3.05) is 13.2 Å². The summed E-state index contributed by atoms with van der Waals surface area (Å²) in [5.41, 5.74) is 2.80. The molecule has 0 aromatic heterocycles. The molecule has 1 saturated heterocycles. The largest absolute Gasteiger partial charge is 0.376 e. The van der Waals surface area contributed by atoms with Gasteiger partial charge in [0.15, 0.2) is 0 Å². The lowest BCUT2D eigenvalue weighted by atomic mass is 10.0. The minimum Gasteiger partial charge on any atom is -0.376 e. The maximum Gasteiger partial charge on any atom is 0.243 e. The first-order valence-electron chi connectivity index (χ1n) is 12.6. The SMILES string of the molecule is O=C(NC[C@@H]1CCCO1)[C@H](Cc1ccccc1)N(Cc1ccc(F)cc1)C(=O)CCc1ccccc1. The van der Waals surface area contributed by atoms with E-state index in [0.717, 1.165) is 29.5 Å². The van der Waals surface area contributed by atoms with Crippen molar-refractivity contribution in [3.05, 3.63) is 107 Å². The summed E-state index contributed by atoms with van der Waals surface area (Å²) < 4.78 is 19.2. The molecule has 3 aromatic rings. The summed E-state index contributed by atoms with van der Waals surface area (Å²) in [5.74, 6) is -0.656. The smallest absolute Gasteiger partial charge is 0.243 e. The quantitative estimate of drug-likeness (QED) is 0.426. The Bertz CT molecular complexity index is 1100. The minimum atomic E-state index is -0.706. The Kier molecular flexibility index (Phi) is 9.22. The monoisotopic (exact) mass is 488 g/mol. The van der Waals surface area contributed by atoms with E-state index >= 15 is 0 Å². The van der Waals surface area contributed by atoms with Gasteiger partial charge in [0, 0.05) is 32.5 Å². The van der Waals surface area contributed by atoms with Crippen LogP contribution in [0.2, 0.25) is 0 Å². The van der Waals surface area contributed by atoms with Crippen LogP contribution in [0.15, 0.2) is 84.9 Å². The molecule has 0 saturated carbocycles. The number of nitrogens with one attached hydrogen (secondary N) is 1. The van der Waals surface area contributed by atoms with Crippen LogP contribution in [0.5, 0.6) is 0 Å². The Hall–Kier alpha value is -3.51. The highest BCUT2D eigenvalue weighted by molar-refractivity contribution is 5.88. The van der Waals surface area contributed by atoms with Crippen LogP contribution >= 0.6 is 0 Å². The number of hydrogen-bond acceptors (Lipinski definition) is 3. The van der Waals surface area contributed by atoms with Crippen LogP contribution in [0.3, 0.4) is 0 Å². The average Bonchev–Trinajstić information content (AvgIpc) is 3.44. The van der Waals surface area contributed by atoms with Crippen molar-refractivity contribution in [2.45, 2.75) is 50.8 Å². The van der Waals surface area contributed by atoms with E-state index in [9.17, 15) is 14.0 Å². The zero-order valence-corrected chi connectivity index (χ0v) is 20.4. The topological polar surface area (TPSA) is 58.6 Å². The molecule has 1 fully saturated rings. The van der Waals surface area contributed by atoms with E-state index in [-0.39, 0.29) is 36.7 Å². The number of halogens is 1. The first-order chi connectivity index (χ1) is 17.6. The molecule has 1 N–H and O–H groups in total. The molecule has 4 rings (SSSR count). The average molecular weight is 489 g/mol. The zero-order chi connectivity index (χ0) is 25.2. The fourth-order valence-electron chi connectivity index (χ4n) is 4.52. The second-order valence-electron chi connectivity index (χ2n) is 9.22. The lowest BCUT2D eigenvalue weighted by Gasteiger charge is -2.32. The summed E-state index contributed by atoms with van der Waals surface area (Å²) in [6.07, 6.45) is 3.15. The lowest BCUT2D eigenvalue weighted by molar-refractivity contribution is -0.141. The molecule has 188 valence electrons. The highest BCUT2D eigenvalue weighted by Crippen LogP contribution is 2.18. The normalized spacial score (nSPS) is 15.9. The van der Waals surface area contributed by atoms with Crippen molar-refractivity contribution in [3.8, 4) is 0 Å². The number of ether oxygens (including phenoxy) is 1. The number of amides is 2. The Morgan fingerprint density at radius 3 is 2.22 bits per heavy atom. The van der Waals surface area contributed by atoms with E-state index in [1.54, 1.807) is 17.0 Å². The molecule has 3 aromatic carbocycles. The summed E-state index contributed by atoms with van der Waals surface area (Å²) >= 11 is 0. The van der Waals surface area contributed by atoms with Crippen molar-refractivity contribution >= 4 is 11.8 Å². The summed E-state index contributed by atoms with van der Waals surface area (Å²) in [5, 5.41) is 3.03. The van der Waals surface area contributed by atoms with Gasteiger partial charge in [0.25, 0.3) is 0 Å². The molecule has 2 amide bonds. The number of carbonyl (C=O) groups excluding carboxylic acids is 2. The third-order valence-electron chi connectivity index (χ3n) is 6.54. The van der Waals surface area contributed by atoms with Gasteiger partial charge in [-0.05, 0) is 48.1 Å². The number of nitrogens with zero attached hydrogens (tertiary/aromatic N) is 1. The molecule has 2 atom stereocenters.